The number of nitrogens with zero attached hydrogens (tertiary/aromatic N) is 2. The lowest BCUT2D eigenvalue weighted by molar-refractivity contribution is -0.139. The molecule has 21 heavy (non-hydrogen) atoms. The van der Waals surface area contributed by atoms with E-state index in [1.807, 2.05) is 12.3 Å². The summed E-state index contributed by atoms with van der Waals surface area (Å²) < 4.78 is 5.27. The van der Waals surface area contributed by atoms with Gasteiger partial charge in [0.2, 0.25) is 5.91 Å². The number of likely N-dealkylation sites (tertiary alicyclic amines) is 1. The summed E-state index contributed by atoms with van der Waals surface area (Å²) in [4.78, 5) is 29.4. The number of carbonyl (C=O) groups is 2. The normalized spacial score (nSPS) is 21.7. The molecule has 1 amide bonds. The van der Waals surface area contributed by atoms with Crippen LogP contribution >= 0.6 is 11.3 Å². The van der Waals surface area contributed by atoms with Crippen LogP contribution in [0.1, 0.15) is 30.5 Å². The van der Waals surface area contributed by atoms with E-state index in [1.165, 1.54) is 0 Å². The molecule has 6 nitrogen and oxygen atoms in total. The number of carboxylic acids is 1. The molecular formula is C14H20N2O4S. The summed E-state index contributed by atoms with van der Waals surface area (Å²) >= 11 is 1.55. The standard InChI is InChI=1S/C14H20N2O4S/c1-3-12-15-9(8-21-12)4-13(17)16-7-11(20-2)5-10(16)6-14(18)19/h8,10-11H,3-7H2,1-2H3,(H,18,19). The van der Waals surface area contributed by atoms with E-state index in [0.29, 0.717) is 13.0 Å². The number of amides is 1. The summed E-state index contributed by atoms with van der Waals surface area (Å²) in [6.07, 6.45) is 1.54. The zero-order valence-corrected chi connectivity index (χ0v) is 13.1. The van der Waals surface area contributed by atoms with E-state index in [4.69, 9.17) is 9.84 Å². The second-order valence-electron chi connectivity index (χ2n) is 5.15. The quantitative estimate of drug-likeness (QED) is 0.857. The van der Waals surface area contributed by atoms with Gasteiger partial charge in [0, 0.05) is 25.1 Å². The van der Waals surface area contributed by atoms with E-state index in [-0.39, 0.29) is 30.9 Å². The van der Waals surface area contributed by atoms with Crippen LogP contribution in [0.2, 0.25) is 0 Å². The molecule has 1 N–H and O–H groups in total. The molecule has 2 atom stereocenters. The highest BCUT2D eigenvalue weighted by Gasteiger charge is 2.36. The second-order valence-corrected chi connectivity index (χ2v) is 6.10. The minimum absolute atomic E-state index is 0.0388. The Morgan fingerprint density at radius 3 is 2.90 bits per heavy atom. The van der Waals surface area contributed by atoms with Crippen molar-refractivity contribution in [2.24, 2.45) is 0 Å². The number of carbonyl (C=O) groups excluding carboxylic acids is 1. The molecule has 0 radical (unpaired) electrons. The van der Waals surface area contributed by atoms with Gasteiger partial charge in [-0.15, -0.1) is 11.3 Å². The van der Waals surface area contributed by atoms with Crippen LogP contribution in [0.4, 0.5) is 0 Å². The number of aromatic nitrogens is 1. The number of methoxy groups -OCH3 is 1. The lowest BCUT2D eigenvalue weighted by atomic mass is 10.1. The van der Waals surface area contributed by atoms with Gasteiger partial charge in [-0.25, -0.2) is 4.98 Å². The summed E-state index contributed by atoms with van der Waals surface area (Å²) in [6, 6.07) is -0.288. The molecule has 0 saturated carbocycles. The number of hydrogen-bond donors (Lipinski definition) is 1. The van der Waals surface area contributed by atoms with Gasteiger partial charge in [-0.2, -0.15) is 0 Å². The molecule has 0 aromatic carbocycles. The van der Waals surface area contributed by atoms with E-state index in [0.717, 1.165) is 17.1 Å². The first-order chi connectivity index (χ1) is 10.0. The highest BCUT2D eigenvalue weighted by atomic mass is 32.1. The molecule has 0 aliphatic carbocycles. The van der Waals surface area contributed by atoms with E-state index < -0.39 is 5.97 Å². The monoisotopic (exact) mass is 312 g/mol. The summed E-state index contributed by atoms with van der Waals surface area (Å²) in [5.41, 5.74) is 0.761. The van der Waals surface area contributed by atoms with Gasteiger partial charge in [0.1, 0.15) is 0 Å². The second kappa shape index (κ2) is 7.00. The fourth-order valence-electron chi connectivity index (χ4n) is 2.59. The molecule has 2 unspecified atom stereocenters. The van der Waals surface area contributed by atoms with E-state index in [2.05, 4.69) is 4.98 Å². The summed E-state index contributed by atoms with van der Waals surface area (Å²) in [7, 11) is 1.59. The zero-order chi connectivity index (χ0) is 15.4. The van der Waals surface area contributed by atoms with Gasteiger partial charge in [-0.05, 0) is 12.8 Å². The first-order valence-corrected chi connectivity index (χ1v) is 7.88. The molecule has 0 spiro atoms. The van der Waals surface area contributed by atoms with Crippen molar-refractivity contribution < 1.29 is 19.4 Å². The first kappa shape index (κ1) is 15.9. The Kier molecular flexibility index (Phi) is 5.30. The highest BCUT2D eigenvalue weighted by Crippen LogP contribution is 2.24. The number of aliphatic carboxylic acids is 1. The highest BCUT2D eigenvalue weighted by molar-refractivity contribution is 7.09. The molecule has 116 valence electrons. The lowest BCUT2D eigenvalue weighted by Crippen LogP contribution is -2.38. The van der Waals surface area contributed by atoms with Crippen molar-refractivity contribution >= 4 is 23.2 Å². The third-order valence-electron chi connectivity index (χ3n) is 3.67. The number of carboxylic acid groups (broad SMARTS) is 1. The predicted octanol–water partition coefficient (Wildman–Crippen LogP) is 1.34. The summed E-state index contributed by atoms with van der Waals surface area (Å²) in [6.45, 7) is 2.48. The molecule has 2 heterocycles. The van der Waals surface area contributed by atoms with E-state index in [9.17, 15) is 9.59 Å². The van der Waals surface area contributed by atoms with Crippen LogP contribution < -0.4 is 0 Å². The van der Waals surface area contributed by atoms with Crippen LogP contribution in [0.3, 0.4) is 0 Å². The van der Waals surface area contributed by atoms with Crippen LogP contribution in [0.5, 0.6) is 0 Å². The number of thiazole rings is 1. The van der Waals surface area contributed by atoms with Crippen LogP contribution in [0.15, 0.2) is 5.38 Å². The molecule has 1 fully saturated rings. The molecule has 2 rings (SSSR count). The van der Waals surface area contributed by atoms with Crippen molar-refractivity contribution in [3.63, 3.8) is 0 Å². The molecule has 1 saturated heterocycles. The number of rotatable bonds is 6. The van der Waals surface area contributed by atoms with Gasteiger partial charge < -0.3 is 14.7 Å². The summed E-state index contributed by atoms with van der Waals surface area (Å²) in [5.74, 6) is -0.967. The third kappa shape index (κ3) is 4.01. The molecule has 1 aromatic rings. The van der Waals surface area contributed by atoms with Gasteiger partial charge in [0.05, 0.1) is 29.6 Å². The Balaban J connectivity index is 2.02. The van der Waals surface area contributed by atoms with Gasteiger partial charge in [-0.3, -0.25) is 9.59 Å². The van der Waals surface area contributed by atoms with Crippen LogP contribution in [0.25, 0.3) is 0 Å². The molecule has 1 aliphatic heterocycles. The number of hydrogen-bond acceptors (Lipinski definition) is 5. The molecule has 0 bridgehead atoms. The predicted molar refractivity (Wildman–Crippen MR) is 78.4 cm³/mol. The molecular weight excluding hydrogens is 292 g/mol. The zero-order valence-electron chi connectivity index (χ0n) is 12.2. The SMILES string of the molecule is CCc1nc(CC(=O)N2CC(OC)CC2CC(=O)O)cs1. The fraction of sp³-hybridized carbons (Fsp3) is 0.643. The van der Waals surface area contributed by atoms with Crippen LogP contribution in [0, 0.1) is 0 Å². The maximum atomic E-state index is 12.4. The minimum atomic E-state index is -0.892. The van der Waals surface area contributed by atoms with Gasteiger partial charge in [0.25, 0.3) is 0 Å². The van der Waals surface area contributed by atoms with Crippen LogP contribution in [-0.2, 0) is 27.2 Å². The fourth-order valence-corrected chi connectivity index (χ4v) is 3.34. The number of aryl methyl sites for hydroxylation is 1. The largest absolute Gasteiger partial charge is 0.481 e. The van der Waals surface area contributed by atoms with Crippen molar-refractivity contribution in [2.75, 3.05) is 13.7 Å². The maximum Gasteiger partial charge on any atom is 0.305 e. The van der Waals surface area contributed by atoms with Gasteiger partial charge >= 0.3 is 5.97 Å². The average molecular weight is 312 g/mol. The van der Waals surface area contributed by atoms with E-state index >= 15 is 0 Å². The molecule has 1 aliphatic rings. The third-order valence-corrected chi connectivity index (χ3v) is 4.72. The topological polar surface area (TPSA) is 79.7 Å². The van der Waals surface area contributed by atoms with E-state index in [1.54, 1.807) is 23.3 Å². The molecule has 7 heteroatoms. The van der Waals surface area contributed by atoms with Crippen LogP contribution in [-0.4, -0.2) is 52.7 Å². The lowest BCUT2D eigenvalue weighted by Gasteiger charge is -2.22. The van der Waals surface area contributed by atoms with Crippen molar-refractivity contribution in [1.82, 2.24) is 9.88 Å². The Labute approximate surface area is 127 Å². The Bertz CT molecular complexity index is 517. The van der Waals surface area contributed by atoms with Crippen molar-refractivity contribution in [3.05, 3.63) is 16.1 Å². The van der Waals surface area contributed by atoms with Gasteiger partial charge in [0.15, 0.2) is 0 Å². The average Bonchev–Trinajstić information content (AvgIpc) is 3.04. The van der Waals surface area contributed by atoms with Gasteiger partial charge in [-0.1, -0.05) is 6.92 Å². The number of ether oxygens (including phenoxy) is 1. The van der Waals surface area contributed by atoms with Crippen molar-refractivity contribution in [3.8, 4) is 0 Å². The Hall–Kier alpha value is -1.47. The van der Waals surface area contributed by atoms with Crippen molar-refractivity contribution in [2.45, 2.75) is 44.8 Å². The van der Waals surface area contributed by atoms with Crippen molar-refractivity contribution in [1.29, 1.82) is 0 Å². The Morgan fingerprint density at radius 1 is 1.57 bits per heavy atom. The maximum absolute atomic E-state index is 12.4. The molecule has 1 aromatic heterocycles. The summed E-state index contributed by atoms with van der Waals surface area (Å²) in [5, 5.41) is 11.9. The smallest absolute Gasteiger partial charge is 0.305 e. The minimum Gasteiger partial charge on any atom is -0.481 e. The first-order valence-electron chi connectivity index (χ1n) is 7.00. The Morgan fingerprint density at radius 2 is 2.33 bits per heavy atom.